The zero-order valence-electron chi connectivity index (χ0n) is 27.3. The van der Waals surface area contributed by atoms with Crippen molar-refractivity contribution in [1.29, 1.82) is 0 Å². The molecule has 3 N–H and O–H groups in total. The molecule has 11 heteroatoms. The normalized spacial score (nSPS) is 15.7. The van der Waals surface area contributed by atoms with Gasteiger partial charge in [0.15, 0.2) is 0 Å². The van der Waals surface area contributed by atoms with Gasteiger partial charge in [-0.25, -0.2) is 4.39 Å². The number of aromatic nitrogens is 6. The van der Waals surface area contributed by atoms with Gasteiger partial charge in [0.2, 0.25) is 5.91 Å². The van der Waals surface area contributed by atoms with Crippen LogP contribution in [0.25, 0.3) is 55.6 Å². The van der Waals surface area contributed by atoms with Crippen molar-refractivity contribution in [3.05, 3.63) is 73.2 Å². The Hall–Kier alpha value is -5.16. The molecule has 1 aromatic carbocycles. The van der Waals surface area contributed by atoms with Crippen molar-refractivity contribution in [1.82, 2.24) is 35.0 Å². The van der Waals surface area contributed by atoms with Crippen LogP contribution in [-0.2, 0) is 4.79 Å². The van der Waals surface area contributed by atoms with Crippen LogP contribution in [-0.4, -0.2) is 67.2 Å². The maximum atomic E-state index is 14.8. The molecule has 6 heterocycles. The monoisotopic (exact) mass is 658 g/mol. The van der Waals surface area contributed by atoms with Gasteiger partial charge in [0, 0.05) is 53.3 Å². The molecule has 1 aliphatic heterocycles. The van der Waals surface area contributed by atoms with Gasteiger partial charge in [0.1, 0.15) is 23.9 Å². The molecule has 1 aliphatic carbocycles. The SMILES string of the molecule is O=C(CC1CCCCC1)Nc1cncc(-c2cc3c(-c4cc5c(-c6cc(F)cc(OCCN7CCCC7)c6)cncc5[nH]4)n[nH]c3cn2)c1. The van der Waals surface area contributed by atoms with Gasteiger partial charge in [-0.2, -0.15) is 5.10 Å². The van der Waals surface area contributed by atoms with E-state index in [9.17, 15) is 9.18 Å². The highest BCUT2D eigenvalue weighted by molar-refractivity contribution is 6.01. The number of hydrogen-bond acceptors (Lipinski definition) is 7. The van der Waals surface area contributed by atoms with Crippen molar-refractivity contribution in [2.24, 2.45) is 5.92 Å². The second-order valence-electron chi connectivity index (χ2n) is 13.3. The highest BCUT2D eigenvalue weighted by atomic mass is 19.1. The minimum atomic E-state index is -0.359. The fraction of sp³-hybridized carbons (Fsp3) is 0.342. The van der Waals surface area contributed by atoms with Crippen molar-refractivity contribution < 1.29 is 13.9 Å². The zero-order chi connectivity index (χ0) is 33.2. The average molecular weight is 659 g/mol. The third-order valence-electron chi connectivity index (χ3n) is 9.82. The van der Waals surface area contributed by atoms with Gasteiger partial charge >= 0.3 is 0 Å². The Morgan fingerprint density at radius 2 is 1.73 bits per heavy atom. The van der Waals surface area contributed by atoms with Crippen LogP contribution in [0.3, 0.4) is 0 Å². The van der Waals surface area contributed by atoms with Gasteiger partial charge in [0.25, 0.3) is 0 Å². The van der Waals surface area contributed by atoms with Crippen LogP contribution in [0.1, 0.15) is 51.4 Å². The van der Waals surface area contributed by atoms with E-state index in [1.54, 1.807) is 31.0 Å². The zero-order valence-corrected chi connectivity index (χ0v) is 27.3. The molecule has 49 heavy (non-hydrogen) atoms. The fourth-order valence-corrected chi connectivity index (χ4v) is 7.30. The van der Waals surface area contributed by atoms with Crippen LogP contribution >= 0.6 is 0 Å². The van der Waals surface area contributed by atoms with E-state index in [-0.39, 0.29) is 11.7 Å². The summed E-state index contributed by atoms with van der Waals surface area (Å²) in [5.41, 5.74) is 6.72. The van der Waals surface area contributed by atoms with Crippen molar-refractivity contribution in [3.8, 4) is 39.5 Å². The summed E-state index contributed by atoms with van der Waals surface area (Å²) in [7, 11) is 0. The summed E-state index contributed by atoms with van der Waals surface area (Å²) < 4.78 is 20.8. The summed E-state index contributed by atoms with van der Waals surface area (Å²) >= 11 is 0. The number of rotatable bonds is 10. The number of carbonyl (C=O) groups is 1. The van der Waals surface area contributed by atoms with Crippen LogP contribution in [0.4, 0.5) is 10.1 Å². The van der Waals surface area contributed by atoms with Crippen LogP contribution < -0.4 is 10.1 Å². The summed E-state index contributed by atoms with van der Waals surface area (Å²) in [4.78, 5) is 32.1. The van der Waals surface area contributed by atoms with E-state index in [2.05, 4.69) is 40.3 Å². The number of carbonyl (C=O) groups excluding carboxylic acids is 1. The first-order chi connectivity index (χ1) is 24.1. The van der Waals surface area contributed by atoms with Gasteiger partial charge < -0.3 is 15.0 Å². The fourth-order valence-electron chi connectivity index (χ4n) is 7.30. The van der Waals surface area contributed by atoms with Crippen LogP contribution in [0.15, 0.2) is 67.4 Å². The molecule has 250 valence electrons. The number of aromatic amines is 2. The van der Waals surface area contributed by atoms with Crippen molar-refractivity contribution in [3.63, 3.8) is 0 Å². The molecule has 1 saturated heterocycles. The summed E-state index contributed by atoms with van der Waals surface area (Å²) in [5.74, 6) is 0.628. The van der Waals surface area contributed by atoms with E-state index in [0.717, 1.165) is 76.8 Å². The molecule has 0 radical (unpaired) electrons. The van der Waals surface area contributed by atoms with Crippen molar-refractivity contribution in [2.75, 3.05) is 31.6 Å². The number of nitrogens with one attached hydrogen (secondary N) is 3. The highest BCUT2D eigenvalue weighted by Gasteiger charge is 2.19. The number of nitrogens with zero attached hydrogens (tertiary/aromatic N) is 5. The summed E-state index contributed by atoms with van der Waals surface area (Å²) in [6.07, 6.45) is 17.6. The Balaban J connectivity index is 1.05. The number of halogens is 1. The van der Waals surface area contributed by atoms with Gasteiger partial charge in [-0.3, -0.25) is 29.7 Å². The standard InChI is InChI=1S/C38H39FN8O2/c39-27-13-25(15-29(16-27)49-11-10-47-8-4-5-9-47)32-21-41-22-35-30(32)17-34(44-35)38-31-18-33(42-23-36(31)45-46-38)26-14-28(20-40-19-26)43-37(48)12-24-6-2-1-3-7-24/h13-24,44H,1-12H2,(H,43,48)(H,45,46). The van der Waals surface area contributed by atoms with Crippen molar-refractivity contribution >= 4 is 33.4 Å². The van der Waals surface area contributed by atoms with Gasteiger partial charge in [-0.05, 0) is 80.6 Å². The molecule has 1 amide bonds. The number of fused-ring (bicyclic) bond motifs is 2. The number of likely N-dealkylation sites (tertiary alicyclic amines) is 1. The highest BCUT2D eigenvalue weighted by Crippen LogP contribution is 2.36. The number of hydrogen-bond donors (Lipinski definition) is 3. The lowest BCUT2D eigenvalue weighted by Gasteiger charge is -2.20. The molecule has 0 atom stereocenters. The molecule has 6 aromatic rings. The third-order valence-corrected chi connectivity index (χ3v) is 9.82. The molecule has 1 saturated carbocycles. The Morgan fingerprint density at radius 3 is 2.61 bits per heavy atom. The van der Waals surface area contributed by atoms with Crippen LogP contribution in [0, 0.1) is 11.7 Å². The minimum Gasteiger partial charge on any atom is -0.492 e. The molecule has 2 fully saturated rings. The molecule has 8 rings (SSSR count). The van der Waals surface area contributed by atoms with E-state index < -0.39 is 0 Å². The largest absolute Gasteiger partial charge is 0.492 e. The first-order valence-electron chi connectivity index (χ1n) is 17.3. The van der Waals surface area contributed by atoms with E-state index in [1.807, 2.05) is 24.3 Å². The number of amides is 1. The van der Waals surface area contributed by atoms with Gasteiger partial charge in [-0.1, -0.05) is 19.3 Å². The Labute approximate surface area is 283 Å². The van der Waals surface area contributed by atoms with E-state index in [1.165, 1.54) is 44.2 Å². The molecule has 5 aromatic heterocycles. The molecular formula is C38H39FN8O2. The maximum absolute atomic E-state index is 14.8. The molecular weight excluding hydrogens is 619 g/mol. The van der Waals surface area contributed by atoms with Crippen LogP contribution in [0.5, 0.6) is 5.75 Å². The third kappa shape index (κ3) is 6.89. The smallest absolute Gasteiger partial charge is 0.224 e. The van der Waals surface area contributed by atoms with Gasteiger partial charge in [0.05, 0.1) is 46.7 Å². The lowest BCUT2D eigenvalue weighted by molar-refractivity contribution is -0.117. The summed E-state index contributed by atoms with van der Waals surface area (Å²) in [6, 6.07) is 10.7. The molecule has 2 aliphatic rings. The van der Waals surface area contributed by atoms with Gasteiger partial charge in [-0.15, -0.1) is 0 Å². The lowest BCUT2D eigenvalue weighted by Crippen LogP contribution is -2.25. The lowest BCUT2D eigenvalue weighted by atomic mass is 9.87. The number of anilines is 1. The van der Waals surface area contributed by atoms with Crippen molar-refractivity contribution in [2.45, 2.75) is 51.4 Å². The second kappa shape index (κ2) is 13.8. The predicted octanol–water partition coefficient (Wildman–Crippen LogP) is 7.75. The Bertz CT molecular complexity index is 2110. The first kappa shape index (κ1) is 31.1. The van der Waals surface area contributed by atoms with E-state index in [4.69, 9.17) is 4.74 Å². The van der Waals surface area contributed by atoms with E-state index in [0.29, 0.717) is 41.6 Å². The topological polar surface area (TPSA) is 125 Å². The van der Waals surface area contributed by atoms with Crippen LogP contribution in [0.2, 0.25) is 0 Å². The summed E-state index contributed by atoms with van der Waals surface area (Å²) in [5, 5.41) is 12.5. The maximum Gasteiger partial charge on any atom is 0.224 e. The second-order valence-corrected chi connectivity index (χ2v) is 13.3. The molecule has 0 unspecified atom stereocenters. The predicted molar refractivity (Wildman–Crippen MR) is 189 cm³/mol. The average Bonchev–Trinajstić information content (AvgIpc) is 3.88. The molecule has 0 spiro atoms. The number of benzene rings is 1. The quantitative estimate of drug-likeness (QED) is 0.137. The minimum absolute atomic E-state index is 0.0264. The molecule has 0 bridgehead atoms. The number of ether oxygens (including phenoxy) is 1. The molecule has 10 nitrogen and oxygen atoms in total. The van der Waals surface area contributed by atoms with E-state index >= 15 is 0 Å². The Morgan fingerprint density at radius 1 is 0.878 bits per heavy atom. The number of pyridine rings is 3. The first-order valence-corrected chi connectivity index (χ1v) is 17.3. The number of H-pyrrole nitrogens is 2. The summed E-state index contributed by atoms with van der Waals surface area (Å²) in [6.45, 7) is 3.53. The Kier molecular flexibility index (Phi) is 8.74.